The number of hydrogen-bond acceptors (Lipinski definition) is 11. The summed E-state index contributed by atoms with van der Waals surface area (Å²) in [5.74, 6) is 0.640. The molecule has 1 atom stereocenters. The van der Waals surface area contributed by atoms with Crippen LogP contribution in [0.15, 0.2) is 74.1 Å². The van der Waals surface area contributed by atoms with Gasteiger partial charge in [-0.15, -0.1) is 10.2 Å². The molecule has 12 heteroatoms. The molecule has 10 nitrogen and oxygen atoms in total. The number of anilines is 2. The number of carbonyl (C=O) groups is 2. The third kappa shape index (κ3) is 4.83. The highest BCUT2D eigenvalue weighted by Gasteiger charge is 2.42. The van der Waals surface area contributed by atoms with Crippen molar-refractivity contribution in [1.82, 2.24) is 10.2 Å². The van der Waals surface area contributed by atoms with Crippen molar-refractivity contribution in [2.24, 2.45) is 5.73 Å². The van der Waals surface area contributed by atoms with Crippen molar-refractivity contribution >= 4 is 45.6 Å². The second-order valence-corrected chi connectivity index (χ2v) is 10.4. The van der Waals surface area contributed by atoms with Crippen LogP contribution < -0.4 is 20.7 Å². The maximum atomic E-state index is 13.1. The van der Waals surface area contributed by atoms with Crippen molar-refractivity contribution in [3.05, 3.63) is 71.1 Å². The number of hydrogen-bond donors (Lipinski definition) is 2. The summed E-state index contributed by atoms with van der Waals surface area (Å²) in [6, 6.07) is 12.7. The Morgan fingerprint density at radius 2 is 2.14 bits per heavy atom. The predicted octanol–water partition coefficient (Wildman–Crippen LogP) is 4.18. The molecule has 0 bridgehead atoms. The number of carbonyl (C=O) groups excluding carboxylic acids is 2. The van der Waals surface area contributed by atoms with Gasteiger partial charge in [0.25, 0.3) is 0 Å². The smallest absolute Gasteiger partial charge is 0.234 e. The van der Waals surface area contributed by atoms with Crippen LogP contribution >= 0.6 is 23.1 Å². The van der Waals surface area contributed by atoms with Gasteiger partial charge in [0.2, 0.25) is 11.0 Å². The molecule has 37 heavy (non-hydrogen) atoms. The van der Waals surface area contributed by atoms with E-state index in [4.69, 9.17) is 14.9 Å². The summed E-state index contributed by atoms with van der Waals surface area (Å²) in [6.45, 7) is 0. The molecule has 2 aromatic heterocycles. The number of furan rings is 1. The number of Topliss-reactive ketones (excluding diaryl/α,β-unsaturated/α-hetero) is 1. The Labute approximate surface area is 220 Å². The number of methoxy groups -OCH3 is 1. The number of thioether (sulfide) groups is 1. The molecule has 0 radical (unpaired) electrons. The molecule has 3 N–H and O–H groups in total. The highest BCUT2D eigenvalue weighted by atomic mass is 32.2. The number of nitrogens with two attached hydrogens (primary N) is 1. The minimum atomic E-state index is -0.650. The van der Waals surface area contributed by atoms with Gasteiger partial charge in [0.15, 0.2) is 10.1 Å². The minimum Gasteiger partial charge on any atom is -0.497 e. The summed E-state index contributed by atoms with van der Waals surface area (Å²) >= 11 is 2.48. The van der Waals surface area contributed by atoms with E-state index in [-0.39, 0.29) is 28.8 Å². The van der Waals surface area contributed by atoms with Crippen molar-refractivity contribution in [3.63, 3.8) is 0 Å². The van der Waals surface area contributed by atoms with Gasteiger partial charge in [0, 0.05) is 23.4 Å². The summed E-state index contributed by atoms with van der Waals surface area (Å²) < 4.78 is 11.3. The number of ether oxygens (including phenoxy) is 1. The van der Waals surface area contributed by atoms with Crippen molar-refractivity contribution < 1.29 is 18.7 Å². The Morgan fingerprint density at radius 1 is 1.32 bits per heavy atom. The highest BCUT2D eigenvalue weighted by molar-refractivity contribution is 8.01. The highest BCUT2D eigenvalue weighted by Crippen LogP contribution is 2.47. The lowest BCUT2D eigenvalue weighted by Gasteiger charge is -2.37. The minimum absolute atomic E-state index is 0.0396. The zero-order valence-electron chi connectivity index (χ0n) is 19.8. The quantitative estimate of drug-likeness (QED) is 0.423. The van der Waals surface area contributed by atoms with Crippen molar-refractivity contribution in [2.75, 3.05) is 23.1 Å². The van der Waals surface area contributed by atoms with Crippen LogP contribution in [0.3, 0.4) is 0 Å². The van der Waals surface area contributed by atoms with E-state index in [1.54, 1.807) is 48.4 Å². The van der Waals surface area contributed by atoms with Crippen LogP contribution in [0.25, 0.3) is 0 Å². The van der Waals surface area contributed by atoms with Gasteiger partial charge in [-0.2, -0.15) is 5.26 Å². The number of aromatic nitrogens is 2. The first-order chi connectivity index (χ1) is 18.0. The third-order valence-electron chi connectivity index (χ3n) is 6.03. The van der Waals surface area contributed by atoms with Crippen molar-refractivity contribution in [3.8, 4) is 11.8 Å². The average Bonchev–Trinajstić information content (AvgIpc) is 3.60. The Hall–Kier alpha value is -4.08. The molecule has 0 saturated heterocycles. The lowest BCUT2D eigenvalue weighted by Crippen LogP contribution is -2.38. The number of nitriles is 1. The molecule has 3 aromatic rings. The van der Waals surface area contributed by atoms with Crippen LogP contribution in [0, 0.1) is 11.3 Å². The molecule has 1 aromatic carbocycles. The fourth-order valence-corrected chi connectivity index (χ4v) is 6.08. The largest absolute Gasteiger partial charge is 0.497 e. The summed E-state index contributed by atoms with van der Waals surface area (Å²) in [7, 11) is 1.58. The molecular formula is C25H22N6O4S2. The fraction of sp³-hybridized carbons (Fsp3) is 0.240. The first-order valence-corrected chi connectivity index (χ1v) is 13.2. The molecule has 1 unspecified atom stereocenters. The van der Waals surface area contributed by atoms with Gasteiger partial charge >= 0.3 is 0 Å². The van der Waals surface area contributed by atoms with Gasteiger partial charge in [-0.3, -0.25) is 14.5 Å². The zero-order chi connectivity index (χ0) is 25.9. The molecule has 0 fully saturated rings. The van der Waals surface area contributed by atoms with Gasteiger partial charge < -0.3 is 20.2 Å². The van der Waals surface area contributed by atoms with Crippen LogP contribution in [0.4, 0.5) is 10.8 Å². The van der Waals surface area contributed by atoms with E-state index >= 15 is 0 Å². The first-order valence-electron chi connectivity index (χ1n) is 11.4. The van der Waals surface area contributed by atoms with Gasteiger partial charge in [0.1, 0.15) is 17.3 Å². The number of allylic oxidation sites excluding steroid dienone is 3. The van der Waals surface area contributed by atoms with Crippen LogP contribution in [0.5, 0.6) is 5.75 Å². The summed E-state index contributed by atoms with van der Waals surface area (Å²) in [5, 5.41) is 21.7. The topological polar surface area (TPSA) is 147 Å². The summed E-state index contributed by atoms with van der Waals surface area (Å²) in [6.07, 6.45) is 3.17. The Morgan fingerprint density at radius 3 is 2.84 bits per heavy atom. The first kappa shape index (κ1) is 24.6. The van der Waals surface area contributed by atoms with Crippen LogP contribution in [-0.2, 0) is 9.59 Å². The van der Waals surface area contributed by atoms with Crippen molar-refractivity contribution in [2.45, 2.75) is 29.5 Å². The second kappa shape index (κ2) is 10.5. The Bertz CT molecular complexity index is 1440. The number of nitrogens with one attached hydrogen (secondary N) is 1. The molecule has 2 aliphatic rings. The molecule has 1 aliphatic carbocycles. The van der Waals surface area contributed by atoms with E-state index in [1.165, 1.54) is 29.4 Å². The third-order valence-corrected chi connectivity index (χ3v) is 8.07. The maximum absolute atomic E-state index is 13.1. The monoisotopic (exact) mass is 534 g/mol. The molecule has 1 amide bonds. The van der Waals surface area contributed by atoms with Crippen LogP contribution in [0.2, 0.25) is 0 Å². The maximum Gasteiger partial charge on any atom is 0.234 e. The number of nitrogens with zero attached hydrogens (tertiary/aromatic N) is 4. The van der Waals surface area contributed by atoms with E-state index in [0.717, 1.165) is 0 Å². The van der Waals surface area contributed by atoms with Gasteiger partial charge in [-0.25, -0.2) is 0 Å². The second-order valence-electron chi connectivity index (χ2n) is 8.25. The molecule has 188 valence electrons. The summed E-state index contributed by atoms with van der Waals surface area (Å²) in [5.41, 5.74) is 8.61. The SMILES string of the molecule is COc1ccc(NC(=O)CSc2nnc(N3C(N)=C(C#N)C(c4ccco4)C4=C3CCCC4=O)s2)cc1. The lowest BCUT2D eigenvalue weighted by molar-refractivity contribution is -0.116. The van der Waals surface area contributed by atoms with Crippen LogP contribution in [0.1, 0.15) is 30.9 Å². The molecule has 5 rings (SSSR count). The summed E-state index contributed by atoms with van der Waals surface area (Å²) in [4.78, 5) is 27.1. The Kier molecular flexibility index (Phi) is 6.98. The van der Waals surface area contributed by atoms with Crippen molar-refractivity contribution in [1.29, 1.82) is 5.26 Å². The lowest BCUT2D eigenvalue weighted by atomic mass is 9.78. The van der Waals surface area contributed by atoms with Gasteiger partial charge in [0.05, 0.1) is 36.7 Å². The van der Waals surface area contributed by atoms with E-state index in [1.807, 2.05) is 0 Å². The molecule has 0 spiro atoms. The fourth-order valence-electron chi connectivity index (χ4n) is 4.39. The van der Waals surface area contributed by atoms with Gasteiger partial charge in [-0.1, -0.05) is 23.1 Å². The molecule has 3 heterocycles. The van der Waals surface area contributed by atoms with Gasteiger partial charge in [-0.05, 0) is 49.2 Å². The number of ketones is 1. The molecular weight excluding hydrogens is 512 g/mol. The normalized spacial score (nSPS) is 17.5. The van der Waals surface area contributed by atoms with E-state index in [0.29, 0.717) is 57.2 Å². The van der Waals surface area contributed by atoms with E-state index in [9.17, 15) is 14.9 Å². The number of benzene rings is 1. The van der Waals surface area contributed by atoms with E-state index in [2.05, 4.69) is 21.6 Å². The zero-order valence-corrected chi connectivity index (χ0v) is 21.4. The Balaban J connectivity index is 1.37. The molecule has 1 aliphatic heterocycles. The standard InChI is InChI=1S/C25H22N6O4S2/c1-34-15-9-7-14(8-10-15)28-20(33)13-36-25-30-29-24(37-25)31-17-4-2-5-18(32)22(17)21(16(12-26)23(31)27)19-6-3-11-35-19/h3,6-11,21H,2,4-5,13,27H2,1H3,(H,28,33). The average molecular weight is 535 g/mol. The molecule has 0 saturated carbocycles. The predicted molar refractivity (Wildman–Crippen MR) is 139 cm³/mol. The number of rotatable bonds is 7. The van der Waals surface area contributed by atoms with Crippen LogP contribution in [-0.4, -0.2) is 34.8 Å². The number of amides is 1. The van der Waals surface area contributed by atoms with E-state index < -0.39 is 5.92 Å².